The smallest absolute Gasteiger partial charge is 0.213 e. The Morgan fingerprint density at radius 3 is 2.60 bits per heavy atom. The molecule has 0 radical (unpaired) electrons. The lowest BCUT2D eigenvalue weighted by Crippen LogP contribution is -2.41. The van der Waals surface area contributed by atoms with Crippen LogP contribution < -0.4 is 15.4 Å². The second kappa shape index (κ2) is 12.5. The molecule has 6 nitrogen and oxygen atoms in total. The van der Waals surface area contributed by atoms with Crippen molar-refractivity contribution < 1.29 is 9.47 Å². The van der Waals surface area contributed by atoms with Gasteiger partial charge in [-0.05, 0) is 24.8 Å². The molecule has 2 N–H and O–H groups in total. The van der Waals surface area contributed by atoms with E-state index in [0.717, 1.165) is 23.9 Å². The lowest BCUT2D eigenvalue weighted by Gasteiger charge is -2.18. The van der Waals surface area contributed by atoms with Gasteiger partial charge in [-0.1, -0.05) is 32.8 Å². The molecule has 1 aromatic heterocycles. The molecule has 0 amide bonds. The first-order valence-electron chi connectivity index (χ1n) is 9.09. The van der Waals surface area contributed by atoms with Crippen molar-refractivity contribution in [2.24, 2.45) is 10.9 Å². The summed E-state index contributed by atoms with van der Waals surface area (Å²) in [5.41, 5.74) is 1.08. The molecule has 142 valence electrons. The van der Waals surface area contributed by atoms with Crippen LogP contribution in [0.5, 0.6) is 5.88 Å². The molecule has 1 atom stereocenters. The number of aromatic nitrogens is 1. The molecule has 0 saturated carbocycles. The van der Waals surface area contributed by atoms with Crippen molar-refractivity contribution in [1.29, 1.82) is 0 Å². The van der Waals surface area contributed by atoms with Gasteiger partial charge < -0.3 is 20.1 Å². The first kappa shape index (κ1) is 21.2. The predicted molar refractivity (Wildman–Crippen MR) is 103 cm³/mol. The molecule has 0 aliphatic carbocycles. The number of pyridine rings is 1. The quantitative estimate of drug-likeness (QED) is 0.365. The average molecular weight is 351 g/mol. The van der Waals surface area contributed by atoms with E-state index in [9.17, 15) is 0 Å². The number of nitrogens with zero attached hydrogens (tertiary/aromatic N) is 2. The van der Waals surface area contributed by atoms with Crippen LogP contribution in [0.3, 0.4) is 0 Å². The standard InChI is InChI=1S/C19H34N4O2/c1-15(2)7-6-8-16(3)23-19(20-4)22-14-17-9-10-18(21-13-17)25-12-11-24-5/h9-10,13,15-16H,6-8,11-12,14H2,1-5H3,(H2,20,22,23). The van der Waals surface area contributed by atoms with Crippen molar-refractivity contribution in [2.75, 3.05) is 27.4 Å². The highest BCUT2D eigenvalue weighted by Crippen LogP contribution is 2.09. The number of aliphatic imine (C=N–C) groups is 1. The van der Waals surface area contributed by atoms with Gasteiger partial charge in [-0.25, -0.2) is 4.98 Å². The minimum Gasteiger partial charge on any atom is -0.475 e. The molecule has 1 aromatic rings. The predicted octanol–water partition coefficient (Wildman–Crippen LogP) is 2.99. The van der Waals surface area contributed by atoms with E-state index in [1.54, 1.807) is 14.2 Å². The van der Waals surface area contributed by atoms with Crippen molar-refractivity contribution in [3.8, 4) is 5.88 Å². The average Bonchev–Trinajstić information content (AvgIpc) is 2.59. The maximum atomic E-state index is 5.46. The van der Waals surface area contributed by atoms with E-state index in [-0.39, 0.29) is 0 Å². The second-order valence-corrected chi connectivity index (χ2v) is 6.64. The maximum Gasteiger partial charge on any atom is 0.213 e. The second-order valence-electron chi connectivity index (χ2n) is 6.64. The summed E-state index contributed by atoms with van der Waals surface area (Å²) >= 11 is 0. The molecule has 0 bridgehead atoms. The summed E-state index contributed by atoms with van der Waals surface area (Å²) in [6.45, 7) is 8.46. The van der Waals surface area contributed by atoms with E-state index in [2.05, 4.69) is 41.4 Å². The summed E-state index contributed by atoms with van der Waals surface area (Å²) < 4.78 is 10.4. The van der Waals surface area contributed by atoms with Gasteiger partial charge in [0.1, 0.15) is 6.61 Å². The van der Waals surface area contributed by atoms with E-state index in [1.165, 1.54) is 12.8 Å². The zero-order valence-electron chi connectivity index (χ0n) is 16.3. The summed E-state index contributed by atoms with van der Waals surface area (Å²) in [7, 11) is 3.44. The van der Waals surface area contributed by atoms with Gasteiger partial charge >= 0.3 is 0 Å². The van der Waals surface area contributed by atoms with Gasteiger partial charge in [-0.3, -0.25) is 4.99 Å². The van der Waals surface area contributed by atoms with Crippen LogP contribution in [-0.4, -0.2) is 44.4 Å². The van der Waals surface area contributed by atoms with Gasteiger partial charge in [0.25, 0.3) is 0 Å². The third-order valence-electron chi connectivity index (χ3n) is 3.82. The van der Waals surface area contributed by atoms with Crippen LogP contribution in [0.2, 0.25) is 0 Å². The molecule has 0 spiro atoms. The monoisotopic (exact) mass is 350 g/mol. The van der Waals surface area contributed by atoms with Gasteiger partial charge in [0, 0.05) is 39.0 Å². The van der Waals surface area contributed by atoms with Crippen molar-refractivity contribution >= 4 is 5.96 Å². The highest BCUT2D eigenvalue weighted by atomic mass is 16.5. The molecule has 0 aliphatic rings. The van der Waals surface area contributed by atoms with Gasteiger partial charge in [0.05, 0.1) is 6.61 Å². The summed E-state index contributed by atoms with van der Waals surface area (Å²) in [6, 6.07) is 4.28. The Morgan fingerprint density at radius 1 is 1.20 bits per heavy atom. The normalized spacial score (nSPS) is 13.0. The van der Waals surface area contributed by atoms with Crippen molar-refractivity contribution in [3.05, 3.63) is 23.9 Å². The number of guanidine groups is 1. The van der Waals surface area contributed by atoms with Crippen LogP contribution in [0.4, 0.5) is 0 Å². The maximum absolute atomic E-state index is 5.46. The molecule has 25 heavy (non-hydrogen) atoms. The van der Waals surface area contributed by atoms with Gasteiger partial charge in [0.2, 0.25) is 5.88 Å². The van der Waals surface area contributed by atoms with Crippen LogP contribution >= 0.6 is 0 Å². The lowest BCUT2D eigenvalue weighted by molar-refractivity contribution is 0.143. The van der Waals surface area contributed by atoms with Crippen molar-refractivity contribution in [1.82, 2.24) is 15.6 Å². The topological polar surface area (TPSA) is 67.8 Å². The van der Waals surface area contributed by atoms with Crippen LogP contribution in [0, 0.1) is 5.92 Å². The largest absolute Gasteiger partial charge is 0.475 e. The summed E-state index contributed by atoms with van der Waals surface area (Å²) in [4.78, 5) is 8.58. The van der Waals surface area contributed by atoms with Gasteiger partial charge in [-0.15, -0.1) is 0 Å². The van der Waals surface area contributed by atoms with Gasteiger partial charge in [0.15, 0.2) is 5.96 Å². The molecule has 0 aliphatic heterocycles. The Labute approximate surface area is 152 Å². The third-order valence-corrected chi connectivity index (χ3v) is 3.82. The summed E-state index contributed by atoms with van der Waals surface area (Å²) in [5.74, 6) is 2.19. The number of ether oxygens (including phenoxy) is 2. The zero-order chi connectivity index (χ0) is 18.5. The fraction of sp³-hybridized carbons (Fsp3) is 0.684. The number of nitrogens with one attached hydrogen (secondary N) is 2. The van der Waals surface area contributed by atoms with Gasteiger partial charge in [-0.2, -0.15) is 0 Å². The Kier molecular flexibility index (Phi) is 10.6. The van der Waals surface area contributed by atoms with Crippen molar-refractivity contribution in [2.45, 2.75) is 52.6 Å². The highest BCUT2D eigenvalue weighted by Gasteiger charge is 2.06. The molecule has 0 saturated heterocycles. The Balaban J connectivity index is 2.34. The lowest BCUT2D eigenvalue weighted by atomic mass is 10.0. The molecule has 1 unspecified atom stereocenters. The van der Waals surface area contributed by atoms with Crippen molar-refractivity contribution in [3.63, 3.8) is 0 Å². The number of hydrogen-bond acceptors (Lipinski definition) is 4. The highest BCUT2D eigenvalue weighted by molar-refractivity contribution is 5.79. The fourth-order valence-electron chi connectivity index (χ4n) is 2.35. The Hall–Kier alpha value is -1.82. The minimum absolute atomic E-state index is 0.402. The molecular formula is C19H34N4O2. The van der Waals surface area contributed by atoms with Crippen LogP contribution in [0.1, 0.15) is 45.6 Å². The molecule has 6 heteroatoms. The van der Waals surface area contributed by atoms with E-state index < -0.39 is 0 Å². The van der Waals surface area contributed by atoms with Crippen LogP contribution in [0.25, 0.3) is 0 Å². The fourth-order valence-corrected chi connectivity index (χ4v) is 2.35. The van der Waals surface area contributed by atoms with E-state index in [4.69, 9.17) is 9.47 Å². The Bertz CT molecular complexity index is 489. The zero-order valence-corrected chi connectivity index (χ0v) is 16.3. The third kappa shape index (κ3) is 9.92. The van der Waals surface area contributed by atoms with Crippen LogP contribution in [-0.2, 0) is 11.3 Å². The van der Waals surface area contributed by atoms with E-state index in [0.29, 0.717) is 31.7 Å². The SMILES string of the molecule is CN=C(NCc1ccc(OCCOC)nc1)NC(C)CCCC(C)C. The van der Waals surface area contributed by atoms with E-state index in [1.807, 2.05) is 18.3 Å². The minimum atomic E-state index is 0.402. The van der Waals surface area contributed by atoms with E-state index >= 15 is 0 Å². The first-order valence-corrected chi connectivity index (χ1v) is 9.09. The number of methoxy groups -OCH3 is 1. The first-order chi connectivity index (χ1) is 12.0. The summed E-state index contributed by atoms with van der Waals surface area (Å²) in [5, 5.41) is 6.76. The van der Waals surface area contributed by atoms with Crippen LogP contribution in [0.15, 0.2) is 23.3 Å². The molecule has 1 rings (SSSR count). The molecule has 0 fully saturated rings. The molecular weight excluding hydrogens is 316 g/mol. The molecule has 1 heterocycles. The number of rotatable bonds is 11. The summed E-state index contributed by atoms with van der Waals surface area (Å²) in [6.07, 6.45) is 5.46. The molecule has 0 aromatic carbocycles. The number of hydrogen-bond donors (Lipinski definition) is 2. The Morgan fingerprint density at radius 2 is 2.00 bits per heavy atom.